The van der Waals surface area contributed by atoms with Gasteiger partial charge in [0.05, 0.1) is 0 Å². The second kappa shape index (κ2) is 3.80. The van der Waals surface area contributed by atoms with Crippen LogP contribution in [0.1, 0.15) is 12.8 Å². The third kappa shape index (κ3) is 5.84. The van der Waals surface area contributed by atoms with Gasteiger partial charge in [0, 0.05) is 0 Å². The van der Waals surface area contributed by atoms with Gasteiger partial charge in [0.2, 0.25) is 0 Å². The highest BCUT2D eigenvalue weighted by molar-refractivity contribution is 4.48. The van der Waals surface area contributed by atoms with Gasteiger partial charge in [0.1, 0.15) is 12.5 Å². The summed E-state index contributed by atoms with van der Waals surface area (Å²) in [5.41, 5.74) is 9.86. The Morgan fingerprint density at radius 1 is 1.00 bits per heavy atom. The van der Waals surface area contributed by atoms with Gasteiger partial charge in [-0.3, -0.25) is 0 Å². The van der Waals surface area contributed by atoms with Crippen molar-refractivity contribution < 1.29 is 10.2 Å². The largest absolute Gasteiger partial charge is 0.379 e. The molecule has 0 fully saturated rings. The predicted molar refractivity (Wildman–Crippen MR) is 29.6 cm³/mol. The van der Waals surface area contributed by atoms with Crippen molar-refractivity contribution in [1.29, 1.82) is 0 Å². The van der Waals surface area contributed by atoms with Gasteiger partial charge >= 0.3 is 0 Å². The molecular formula is C4H12N2O2. The zero-order valence-electron chi connectivity index (χ0n) is 4.62. The molecule has 0 saturated heterocycles. The quantitative estimate of drug-likeness (QED) is 0.335. The van der Waals surface area contributed by atoms with E-state index in [4.69, 9.17) is 21.7 Å². The Kier molecular flexibility index (Phi) is 3.72. The molecule has 0 aromatic carbocycles. The SMILES string of the molecule is NC(O)CCC(N)O. The van der Waals surface area contributed by atoms with Gasteiger partial charge in [-0.2, -0.15) is 0 Å². The van der Waals surface area contributed by atoms with Crippen LogP contribution < -0.4 is 11.5 Å². The lowest BCUT2D eigenvalue weighted by Gasteiger charge is -2.04. The van der Waals surface area contributed by atoms with E-state index < -0.39 is 12.5 Å². The first-order valence-corrected chi connectivity index (χ1v) is 2.50. The van der Waals surface area contributed by atoms with E-state index in [-0.39, 0.29) is 0 Å². The van der Waals surface area contributed by atoms with Crippen molar-refractivity contribution in [1.82, 2.24) is 0 Å². The van der Waals surface area contributed by atoms with E-state index in [0.717, 1.165) is 0 Å². The summed E-state index contributed by atoms with van der Waals surface area (Å²) in [5, 5.41) is 16.8. The molecule has 8 heavy (non-hydrogen) atoms. The highest BCUT2D eigenvalue weighted by Gasteiger charge is 1.98. The van der Waals surface area contributed by atoms with Crippen LogP contribution in [0.5, 0.6) is 0 Å². The minimum absolute atomic E-state index is 0.345. The first-order valence-electron chi connectivity index (χ1n) is 2.50. The molecule has 0 aliphatic rings. The summed E-state index contributed by atoms with van der Waals surface area (Å²) >= 11 is 0. The predicted octanol–water partition coefficient (Wildman–Crippen LogP) is -1.68. The van der Waals surface area contributed by atoms with Crippen LogP contribution in [0, 0.1) is 0 Å². The number of aliphatic hydroxyl groups is 2. The first-order chi connectivity index (χ1) is 3.63. The lowest BCUT2D eigenvalue weighted by molar-refractivity contribution is 0.121. The molecule has 4 heteroatoms. The summed E-state index contributed by atoms with van der Waals surface area (Å²) < 4.78 is 0. The molecule has 0 radical (unpaired) electrons. The van der Waals surface area contributed by atoms with Gasteiger partial charge in [-0.05, 0) is 12.8 Å². The molecule has 0 rings (SSSR count). The van der Waals surface area contributed by atoms with Gasteiger partial charge in [0.25, 0.3) is 0 Å². The highest BCUT2D eigenvalue weighted by atomic mass is 16.3. The van der Waals surface area contributed by atoms with Gasteiger partial charge in [-0.15, -0.1) is 0 Å². The molecule has 6 N–H and O–H groups in total. The van der Waals surface area contributed by atoms with E-state index >= 15 is 0 Å². The van der Waals surface area contributed by atoms with Crippen LogP contribution >= 0.6 is 0 Å². The molecule has 50 valence electrons. The van der Waals surface area contributed by atoms with Crippen LogP contribution in [0.2, 0.25) is 0 Å². The van der Waals surface area contributed by atoms with Crippen LogP contribution in [0.4, 0.5) is 0 Å². The topological polar surface area (TPSA) is 92.5 Å². The molecule has 0 heterocycles. The fraction of sp³-hybridized carbons (Fsp3) is 1.00. The van der Waals surface area contributed by atoms with Gasteiger partial charge < -0.3 is 21.7 Å². The molecule has 0 spiro atoms. The molecule has 0 aromatic rings. The fourth-order valence-electron chi connectivity index (χ4n) is 0.342. The number of rotatable bonds is 3. The molecule has 4 nitrogen and oxygen atoms in total. The lowest BCUT2D eigenvalue weighted by Crippen LogP contribution is -2.25. The standard InChI is InChI=1S/C4H12N2O2/c5-3(7)1-2-4(6)8/h3-4,7-8H,1-2,5-6H2. The monoisotopic (exact) mass is 120 g/mol. The van der Waals surface area contributed by atoms with E-state index in [1.807, 2.05) is 0 Å². The molecule has 2 atom stereocenters. The van der Waals surface area contributed by atoms with Crippen molar-refractivity contribution in [3.05, 3.63) is 0 Å². The second-order valence-electron chi connectivity index (χ2n) is 1.71. The van der Waals surface area contributed by atoms with E-state index in [1.165, 1.54) is 0 Å². The Labute approximate surface area is 48.1 Å². The normalized spacial score (nSPS) is 18.0. The smallest absolute Gasteiger partial charge is 0.102 e. The molecular weight excluding hydrogens is 108 g/mol. The number of hydrogen-bond donors (Lipinski definition) is 4. The van der Waals surface area contributed by atoms with Crippen LogP contribution in [0.15, 0.2) is 0 Å². The molecule has 2 unspecified atom stereocenters. The summed E-state index contributed by atoms with van der Waals surface area (Å²) in [6, 6.07) is 0. The minimum atomic E-state index is -0.854. The Morgan fingerprint density at radius 3 is 1.38 bits per heavy atom. The van der Waals surface area contributed by atoms with E-state index in [2.05, 4.69) is 0 Å². The molecule has 0 amide bonds. The summed E-state index contributed by atoms with van der Waals surface area (Å²) in [7, 11) is 0. The summed E-state index contributed by atoms with van der Waals surface area (Å²) in [6.07, 6.45) is -1.02. The summed E-state index contributed by atoms with van der Waals surface area (Å²) in [6.45, 7) is 0. The van der Waals surface area contributed by atoms with Gasteiger partial charge in [-0.25, -0.2) is 0 Å². The van der Waals surface area contributed by atoms with Crippen molar-refractivity contribution in [3.63, 3.8) is 0 Å². The Bertz CT molecular complexity index is 48.0. The first kappa shape index (κ1) is 7.84. The number of nitrogens with two attached hydrogens (primary N) is 2. The van der Waals surface area contributed by atoms with E-state index in [0.29, 0.717) is 12.8 Å². The second-order valence-corrected chi connectivity index (χ2v) is 1.71. The zero-order chi connectivity index (χ0) is 6.57. The van der Waals surface area contributed by atoms with Crippen molar-refractivity contribution in [2.45, 2.75) is 25.3 Å². The van der Waals surface area contributed by atoms with Crippen molar-refractivity contribution in [3.8, 4) is 0 Å². The van der Waals surface area contributed by atoms with Crippen LogP contribution in [-0.4, -0.2) is 22.7 Å². The molecule has 0 bridgehead atoms. The van der Waals surface area contributed by atoms with Crippen molar-refractivity contribution >= 4 is 0 Å². The molecule has 0 aromatic heterocycles. The fourth-order valence-corrected chi connectivity index (χ4v) is 0.342. The number of hydrogen-bond acceptors (Lipinski definition) is 4. The summed E-state index contributed by atoms with van der Waals surface area (Å²) in [4.78, 5) is 0. The van der Waals surface area contributed by atoms with Crippen LogP contribution in [0.3, 0.4) is 0 Å². The van der Waals surface area contributed by atoms with Gasteiger partial charge in [0.15, 0.2) is 0 Å². The third-order valence-corrected chi connectivity index (χ3v) is 0.758. The maximum atomic E-state index is 8.41. The average molecular weight is 120 g/mol. The number of aliphatic hydroxyl groups excluding tert-OH is 2. The maximum Gasteiger partial charge on any atom is 0.102 e. The van der Waals surface area contributed by atoms with E-state index in [9.17, 15) is 0 Å². The third-order valence-electron chi connectivity index (χ3n) is 0.758. The van der Waals surface area contributed by atoms with E-state index in [1.54, 1.807) is 0 Å². The van der Waals surface area contributed by atoms with Crippen LogP contribution in [-0.2, 0) is 0 Å². The van der Waals surface area contributed by atoms with Crippen molar-refractivity contribution in [2.24, 2.45) is 11.5 Å². The van der Waals surface area contributed by atoms with Crippen molar-refractivity contribution in [2.75, 3.05) is 0 Å². The zero-order valence-corrected chi connectivity index (χ0v) is 4.62. The van der Waals surface area contributed by atoms with Gasteiger partial charge in [-0.1, -0.05) is 0 Å². The molecule has 0 saturated carbocycles. The maximum absolute atomic E-state index is 8.41. The Morgan fingerprint density at radius 2 is 1.25 bits per heavy atom. The molecule has 0 aliphatic carbocycles. The minimum Gasteiger partial charge on any atom is -0.379 e. The highest BCUT2D eigenvalue weighted by Crippen LogP contribution is 1.91. The lowest BCUT2D eigenvalue weighted by atomic mass is 10.3. The molecule has 0 aliphatic heterocycles. The Hall–Kier alpha value is -0.160. The summed E-state index contributed by atoms with van der Waals surface area (Å²) in [5.74, 6) is 0. The van der Waals surface area contributed by atoms with Crippen LogP contribution in [0.25, 0.3) is 0 Å². The Balaban J connectivity index is 2.93. The average Bonchev–Trinajstić information content (AvgIpc) is 1.61.